The van der Waals surface area contributed by atoms with Crippen molar-refractivity contribution in [2.24, 2.45) is 0 Å². The monoisotopic (exact) mass is 384 g/mol. The average molecular weight is 384 g/mol. The number of nitrogens with one attached hydrogen (secondary N) is 1. The molecule has 27 heavy (non-hydrogen) atoms. The Balaban J connectivity index is 1.71. The van der Waals surface area contributed by atoms with Crippen molar-refractivity contribution in [2.45, 2.75) is 11.3 Å². The topological polar surface area (TPSA) is 73.6 Å². The number of benzene rings is 2. The van der Waals surface area contributed by atoms with Gasteiger partial charge in [0.25, 0.3) is 0 Å². The molecule has 0 aliphatic carbocycles. The SMILES string of the molecule is COc1ccc(-c2cc(CC(=O)Nc3ccccc3SC)no2)cc1OC. The van der Waals surface area contributed by atoms with E-state index in [0.29, 0.717) is 23.0 Å². The summed E-state index contributed by atoms with van der Waals surface area (Å²) in [7, 11) is 3.15. The lowest BCUT2D eigenvalue weighted by molar-refractivity contribution is -0.115. The second-order valence-corrected chi connectivity index (χ2v) is 6.53. The Morgan fingerprint density at radius 3 is 2.63 bits per heavy atom. The van der Waals surface area contributed by atoms with Crippen LogP contribution in [0.3, 0.4) is 0 Å². The molecule has 0 unspecified atom stereocenters. The summed E-state index contributed by atoms with van der Waals surface area (Å²) in [5, 5.41) is 6.92. The van der Waals surface area contributed by atoms with Crippen LogP contribution in [0.25, 0.3) is 11.3 Å². The van der Waals surface area contributed by atoms with Gasteiger partial charge in [0.1, 0.15) is 0 Å². The minimum atomic E-state index is -0.149. The van der Waals surface area contributed by atoms with Gasteiger partial charge in [0.05, 0.1) is 32.0 Å². The van der Waals surface area contributed by atoms with Crippen molar-refractivity contribution in [1.82, 2.24) is 5.16 Å². The Bertz CT molecular complexity index is 939. The minimum absolute atomic E-state index is 0.125. The number of carbonyl (C=O) groups is 1. The Morgan fingerprint density at radius 2 is 1.89 bits per heavy atom. The van der Waals surface area contributed by atoms with Crippen LogP contribution in [0.15, 0.2) is 57.9 Å². The van der Waals surface area contributed by atoms with E-state index in [9.17, 15) is 4.79 Å². The highest BCUT2D eigenvalue weighted by atomic mass is 32.2. The zero-order chi connectivity index (χ0) is 19.2. The molecule has 0 fully saturated rings. The number of hydrogen-bond acceptors (Lipinski definition) is 6. The molecule has 1 aromatic heterocycles. The summed E-state index contributed by atoms with van der Waals surface area (Å²) in [4.78, 5) is 13.4. The fraction of sp³-hybridized carbons (Fsp3) is 0.200. The third kappa shape index (κ3) is 4.43. The van der Waals surface area contributed by atoms with Crippen molar-refractivity contribution in [3.8, 4) is 22.8 Å². The molecule has 0 bridgehead atoms. The Hall–Kier alpha value is -2.93. The second-order valence-electron chi connectivity index (χ2n) is 5.68. The van der Waals surface area contributed by atoms with Crippen molar-refractivity contribution in [3.05, 3.63) is 54.2 Å². The first-order valence-electron chi connectivity index (χ1n) is 8.25. The van der Waals surface area contributed by atoms with Gasteiger partial charge in [-0.25, -0.2) is 0 Å². The van der Waals surface area contributed by atoms with Crippen molar-refractivity contribution in [2.75, 3.05) is 25.8 Å². The highest BCUT2D eigenvalue weighted by Gasteiger charge is 2.14. The number of anilines is 1. The number of rotatable bonds is 7. The first kappa shape index (κ1) is 18.8. The summed E-state index contributed by atoms with van der Waals surface area (Å²) < 4.78 is 15.9. The molecule has 3 rings (SSSR count). The third-order valence-corrected chi connectivity index (χ3v) is 4.75. The lowest BCUT2D eigenvalue weighted by Crippen LogP contribution is -2.15. The maximum Gasteiger partial charge on any atom is 0.230 e. The molecular formula is C20H20N2O4S. The van der Waals surface area contributed by atoms with E-state index in [2.05, 4.69) is 10.5 Å². The first-order chi connectivity index (χ1) is 13.1. The van der Waals surface area contributed by atoms with Crippen LogP contribution >= 0.6 is 11.8 Å². The van der Waals surface area contributed by atoms with Crippen LogP contribution in [-0.4, -0.2) is 31.5 Å². The van der Waals surface area contributed by atoms with Gasteiger partial charge < -0.3 is 19.3 Å². The molecule has 6 nitrogen and oxygen atoms in total. The number of nitrogens with zero attached hydrogens (tertiary/aromatic N) is 1. The lowest BCUT2D eigenvalue weighted by atomic mass is 10.1. The molecule has 0 aliphatic heterocycles. The number of amides is 1. The summed E-state index contributed by atoms with van der Waals surface area (Å²) >= 11 is 1.58. The van der Waals surface area contributed by atoms with E-state index in [4.69, 9.17) is 14.0 Å². The number of thioether (sulfide) groups is 1. The summed E-state index contributed by atoms with van der Waals surface area (Å²) in [6, 6.07) is 14.9. The molecule has 0 radical (unpaired) electrons. The molecular weight excluding hydrogens is 364 g/mol. The Morgan fingerprint density at radius 1 is 1.11 bits per heavy atom. The zero-order valence-corrected chi connectivity index (χ0v) is 16.1. The van der Waals surface area contributed by atoms with Gasteiger partial charge in [0.15, 0.2) is 17.3 Å². The van der Waals surface area contributed by atoms with E-state index in [1.807, 2.05) is 36.6 Å². The predicted molar refractivity (Wildman–Crippen MR) is 106 cm³/mol. The number of carbonyl (C=O) groups excluding carboxylic acids is 1. The average Bonchev–Trinajstić information content (AvgIpc) is 3.16. The van der Waals surface area contributed by atoms with Gasteiger partial charge >= 0.3 is 0 Å². The molecule has 3 aromatic rings. The van der Waals surface area contributed by atoms with Crippen molar-refractivity contribution in [3.63, 3.8) is 0 Å². The quantitative estimate of drug-likeness (QED) is 0.614. The van der Waals surface area contributed by atoms with Crippen LogP contribution in [-0.2, 0) is 11.2 Å². The molecule has 0 saturated carbocycles. The second kappa shape index (κ2) is 8.64. The minimum Gasteiger partial charge on any atom is -0.493 e. The van der Waals surface area contributed by atoms with Crippen molar-refractivity contribution in [1.29, 1.82) is 0 Å². The van der Waals surface area contributed by atoms with Crippen LogP contribution in [0.5, 0.6) is 11.5 Å². The maximum absolute atomic E-state index is 12.3. The van der Waals surface area contributed by atoms with E-state index in [0.717, 1.165) is 16.1 Å². The molecule has 140 valence electrons. The first-order valence-corrected chi connectivity index (χ1v) is 9.48. The number of aromatic nitrogens is 1. The largest absolute Gasteiger partial charge is 0.493 e. The molecule has 1 heterocycles. The molecule has 0 saturated heterocycles. The third-order valence-electron chi connectivity index (χ3n) is 3.95. The van der Waals surface area contributed by atoms with Gasteiger partial charge in [-0.1, -0.05) is 17.3 Å². The van der Waals surface area contributed by atoms with E-state index in [-0.39, 0.29) is 12.3 Å². The molecule has 1 amide bonds. The van der Waals surface area contributed by atoms with E-state index in [1.165, 1.54) is 0 Å². The van der Waals surface area contributed by atoms with Crippen LogP contribution < -0.4 is 14.8 Å². The van der Waals surface area contributed by atoms with Crippen molar-refractivity contribution < 1.29 is 18.8 Å². The Kier molecular flexibility index (Phi) is 6.03. The lowest BCUT2D eigenvalue weighted by Gasteiger charge is -2.08. The predicted octanol–water partition coefficient (Wildman–Crippen LogP) is 4.26. The van der Waals surface area contributed by atoms with E-state index in [1.54, 1.807) is 44.2 Å². The molecule has 1 N–H and O–H groups in total. The molecule has 0 atom stereocenters. The molecule has 7 heteroatoms. The number of hydrogen-bond donors (Lipinski definition) is 1. The number of methoxy groups -OCH3 is 2. The van der Waals surface area contributed by atoms with Crippen LogP contribution in [0.4, 0.5) is 5.69 Å². The summed E-state index contributed by atoms with van der Waals surface area (Å²) in [6.07, 6.45) is 2.09. The van der Waals surface area contributed by atoms with Crippen molar-refractivity contribution >= 4 is 23.4 Å². The highest BCUT2D eigenvalue weighted by molar-refractivity contribution is 7.98. The normalized spacial score (nSPS) is 10.5. The molecule has 2 aromatic carbocycles. The van der Waals surface area contributed by atoms with Gasteiger partial charge in [-0.05, 0) is 36.6 Å². The maximum atomic E-state index is 12.3. The summed E-state index contributed by atoms with van der Waals surface area (Å²) in [5.74, 6) is 1.64. The highest BCUT2D eigenvalue weighted by Crippen LogP contribution is 2.32. The van der Waals surface area contributed by atoms with Gasteiger partial charge in [-0.3, -0.25) is 4.79 Å². The van der Waals surface area contributed by atoms with E-state index >= 15 is 0 Å². The zero-order valence-electron chi connectivity index (χ0n) is 15.3. The Labute approximate surface area is 161 Å². The van der Waals surface area contributed by atoms with E-state index < -0.39 is 0 Å². The smallest absolute Gasteiger partial charge is 0.230 e. The standard InChI is InChI=1S/C20H20N2O4S/c1-24-16-9-8-13(10-18(16)25-2)17-11-14(22-26-17)12-20(23)21-15-6-4-5-7-19(15)27-3/h4-11H,12H2,1-3H3,(H,21,23). The van der Waals surface area contributed by atoms with Crippen LogP contribution in [0.2, 0.25) is 0 Å². The van der Waals surface area contributed by atoms with Gasteiger partial charge in [0, 0.05) is 16.5 Å². The van der Waals surface area contributed by atoms with Gasteiger partial charge in [0.2, 0.25) is 5.91 Å². The number of para-hydroxylation sites is 1. The fourth-order valence-corrected chi connectivity index (χ4v) is 3.18. The van der Waals surface area contributed by atoms with Gasteiger partial charge in [-0.2, -0.15) is 0 Å². The molecule has 0 aliphatic rings. The molecule has 0 spiro atoms. The van der Waals surface area contributed by atoms with Crippen LogP contribution in [0, 0.1) is 0 Å². The summed E-state index contributed by atoms with van der Waals surface area (Å²) in [6.45, 7) is 0. The fourth-order valence-electron chi connectivity index (χ4n) is 2.63. The van der Waals surface area contributed by atoms with Crippen LogP contribution in [0.1, 0.15) is 5.69 Å². The van der Waals surface area contributed by atoms with Gasteiger partial charge in [-0.15, -0.1) is 11.8 Å². The summed E-state index contributed by atoms with van der Waals surface area (Å²) in [5.41, 5.74) is 2.14. The number of ether oxygens (including phenoxy) is 2.